The molecule has 0 bridgehead atoms. The van der Waals surface area contributed by atoms with Crippen molar-refractivity contribution >= 4 is 41.5 Å². The molecule has 0 amide bonds. The van der Waals surface area contributed by atoms with E-state index in [9.17, 15) is 0 Å². The normalized spacial score (nSPS) is 16.5. The predicted molar refractivity (Wildman–Crippen MR) is 115 cm³/mol. The minimum atomic E-state index is 0. The van der Waals surface area contributed by atoms with E-state index < -0.39 is 0 Å². The van der Waals surface area contributed by atoms with Gasteiger partial charge >= 0.3 is 0 Å². The Kier molecular flexibility index (Phi) is 10.7. The second-order valence-electron chi connectivity index (χ2n) is 6.28. The van der Waals surface area contributed by atoms with Gasteiger partial charge < -0.3 is 15.5 Å². The van der Waals surface area contributed by atoms with Gasteiger partial charge in [0, 0.05) is 18.1 Å². The summed E-state index contributed by atoms with van der Waals surface area (Å²) in [4.78, 5) is 7.07. The first kappa shape index (κ1) is 21.5. The Morgan fingerprint density at radius 2 is 1.88 bits per heavy atom. The number of halogens is 2. The van der Waals surface area contributed by atoms with Gasteiger partial charge in [-0.05, 0) is 69.9 Å². The number of nitrogens with zero attached hydrogens (tertiary/aromatic N) is 2. The molecule has 2 rings (SSSR count). The lowest BCUT2D eigenvalue weighted by molar-refractivity contribution is 0.213. The number of hydrogen-bond acceptors (Lipinski definition) is 2. The zero-order valence-corrected chi connectivity index (χ0v) is 17.8. The number of likely N-dealkylation sites (tertiary alicyclic amines) is 1. The Balaban J connectivity index is 0.00000288. The molecule has 0 saturated carbocycles. The van der Waals surface area contributed by atoms with E-state index in [1.54, 1.807) is 0 Å². The molecule has 6 heteroatoms. The van der Waals surface area contributed by atoms with E-state index in [1.165, 1.54) is 37.9 Å². The van der Waals surface area contributed by atoms with Gasteiger partial charge in [-0.1, -0.05) is 23.7 Å². The smallest absolute Gasteiger partial charge is 0.191 e. The molecule has 1 aliphatic rings. The third-order valence-corrected chi connectivity index (χ3v) is 4.61. The first-order valence-corrected chi connectivity index (χ1v) is 9.00. The van der Waals surface area contributed by atoms with Crippen molar-refractivity contribution in [1.82, 2.24) is 15.5 Å². The van der Waals surface area contributed by atoms with Crippen LogP contribution < -0.4 is 10.6 Å². The molecule has 136 valence electrons. The molecule has 0 spiro atoms. The third-order valence-electron chi connectivity index (χ3n) is 4.36. The molecule has 0 atom stereocenters. The average Bonchev–Trinajstić information content (AvgIpc) is 2.56. The molecule has 0 aromatic heterocycles. The fraction of sp³-hybridized carbons (Fsp3) is 0.611. The van der Waals surface area contributed by atoms with E-state index in [0.29, 0.717) is 6.54 Å². The van der Waals surface area contributed by atoms with Crippen molar-refractivity contribution < 1.29 is 0 Å². The Labute approximate surface area is 168 Å². The molecule has 1 heterocycles. The SMILES string of the molecule is CCNC(=NCc1ccc(Cl)cc1)NCCC1CCN(C)CC1.I. The van der Waals surface area contributed by atoms with E-state index >= 15 is 0 Å². The monoisotopic (exact) mass is 464 g/mol. The molecule has 1 fully saturated rings. The Hall–Kier alpha value is -0.530. The Bertz CT molecular complexity index is 484. The maximum absolute atomic E-state index is 5.91. The minimum Gasteiger partial charge on any atom is -0.357 e. The van der Waals surface area contributed by atoms with E-state index in [1.807, 2.05) is 24.3 Å². The van der Waals surface area contributed by atoms with Crippen LogP contribution >= 0.6 is 35.6 Å². The molecular weight excluding hydrogens is 435 g/mol. The standard InChI is InChI=1S/C18H29ClN4.HI/c1-3-20-18(22-14-16-4-6-17(19)7-5-16)21-11-8-15-9-12-23(2)13-10-15;/h4-7,15H,3,8-14H2,1-2H3,(H2,20,21,22);1H. The fourth-order valence-corrected chi connectivity index (χ4v) is 2.97. The molecule has 1 aromatic carbocycles. The summed E-state index contributed by atoms with van der Waals surface area (Å²) < 4.78 is 0. The predicted octanol–water partition coefficient (Wildman–Crippen LogP) is 3.75. The summed E-state index contributed by atoms with van der Waals surface area (Å²) in [5.74, 6) is 1.74. The van der Waals surface area contributed by atoms with Gasteiger partial charge in [-0.3, -0.25) is 0 Å². The van der Waals surface area contributed by atoms with Crippen LogP contribution in [0.3, 0.4) is 0 Å². The van der Waals surface area contributed by atoms with Crippen molar-refractivity contribution in [3.05, 3.63) is 34.9 Å². The van der Waals surface area contributed by atoms with Gasteiger partial charge in [-0.2, -0.15) is 0 Å². The summed E-state index contributed by atoms with van der Waals surface area (Å²) in [6.07, 6.45) is 3.85. The summed E-state index contributed by atoms with van der Waals surface area (Å²) in [5.41, 5.74) is 1.17. The summed E-state index contributed by atoms with van der Waals surface area (Å²) in [6.45, 7) is 7.09. The van der Waals surface area contributed by atoms with Gasteiger partial charge in [-0.25, -0.2) is 4.99 Å². The zero-order valence-electron chi connectivity index (χ0n) is 14.7. The highest BCUT2D eigenvalue weighted by Gasteiger charge is 2.16. The quantitative estimate of drug-likeness (QED) is 0.383. The van der Waals surface area contributed by atoms with Crippen LogP contribution in [-0.2, 0) is 6.54 Å². The molecule has 1 aromatic rings. The molecule has 1 aliphatic heterocycles. The number of hydrogen-bond donors (Lipinski definition) is 2. The van der Waals surface area contributed by atoms with Crippen LogP contribution in [0.25, 0.3) is 0 Å². The van der Waals surface area contributed by atoms with Crippen LogP contribution in [-0.4, -0.2) is 44.1 Å². The van der Waals surface area contributed by atoms with Gasteiger partial charge in [-0.15, -0.1) is 24.0 Å². The first-order chi connectivity index (χ1) is 11.2. The van der Waals surface area contributed by atoms with Crippen molar-refractivity contribution in [2.75, 3.05) is 33.2 Å². The van der Waals surface area contributed by atoms with Crippen LogP contribution in [0.5, 0.6) is 0 Å². The van der Waals surface area contributed by atoms with E-state index in [-0.39, 0.29) is 24.0 Å². The van der Waals surface area contributed by atoms with Crippen molar-refractivity contribution in [3.8, 4) is 0 Å². The van der Waals surface area contributed by atoms with Crippen LogP contribution in [0, 0.1) is 5.92 Å². The molecule has 0 aliphatic carbocycles. The van der Waals surface area contributed by atoms with E-state index in [2.05, 4.69) is 34.5 Å². The third kappa shape index (κ3) is 8.03. The molecule has 4 nitrogen and oxygen atoms in total. The van der Waals surface area contributed by atoms with Crippen molar-refractivity contribution in [2.24, 2.45) is 10.9 Å². The number of piperidine rings is 1. The molecule has 24 heavy (non-hydrogen) atoms. The number of aliphatic imine (C=N–C) groups is 1. The van der Waals surface area contributed by atoms with Gasteiger partial charge in [0.15, 0.2) is 5.96 Å². The molecule has 0 unspecified atom stereocenters. The second kappa shape index (κ2) is 11.9. The maximum atomic E-state index is 5.91. The summed E-state index contributed by atoms with van der Waals surface area (Å²) >= 11 is 5.91. The highest BCUT2D eigenvalue weighted by Crippen LogP contribution is 2.18. The first-order valence-electron chi connectivity index (χ1n) is 8.62. The van der Waals surface area contributed by atoms with Crippen LogP contribution in [0.15, 0.2) is 29.3 Å². The van der Waals surface area contributed by atoms with Gasteiger partial charge in [0.2, 0.25) is 0 Å². The summed E-state index contributed by atoms with van der Waals surface area (Å²) in [7, 11) is 2.21. The highest BCUT2D eigenvalue weighted by molar-refractivity contribution is 14.0. The van der Waals surface area contributed by atoms with Crippen molar-refractivity contribution in [2.45, 2.75) is 32.7 Å². The number of benzene rings is 1. The van der Waals surface area contributed by atoms with Crippen LogP contribution in [0.1, 0.15) is 31.7 Å². The van der Waals surface area contributed by atoms with Gasteiger partial charge in [0.25, 0.3) is 0 Å². The van der Waals surface area contributed by atoms with Crippen molar-refractivity contribution in [3.63, 3.8) is 0 Å². The van der Waals surface area contributed by atoms with Crippen molar-refractivity contribution in [1.29, 1.82) is 0 Å². The number of nitrogens with one attached hydrogen (secondary N) is 2. The molecule has 1 saturated heterocycles. The second-order valence-corrected chi connectivity index (χ2v) is 6.72. The van der Waals surface area contributed by atoms with E-state index in [4.69, 9.17) is 11.6 Å². The number of guanidine groups is 1. The fourth-order valence-electron chi connectivity index (χ4n) is 2.85. The lowest BCUT2D eigenvalue weighted by Gasteiger charge is -2.29. The van der Waals surface area contributed by atoms with Crippen LogP contribution in [0.2, 0.25) is 5.02 Å². The minimum absolute atomic E-state index is 0. The molecule has 2 N–H and O–H groups in total. The Morgan fingerprint density at radius 1 is 1.21 bits per heavy atom. The van der Waals surface area contributed by atoms with E-state index in [0.717, 1.165) is 30.0 Å². The Morgan fingerprint density at radius 3 is 2.50 bits per heavy atom. The zero-order chi connectivity index (χ0) is 16.5. The summed E-state index contributed by atoms with van der Waals surface area (Å²) in [5, 5.41) is 7.54. The maximum Gasteiger partial charge on any atom is 0.191 e. The average molecular weight is 465 g/mol. The van der Waals surface area contributed by atoms with Gasteiger partial charge in [0.05, 0.1) is 6.54 Å². The van der Waals surface area contributed by atoms with Crippen LogP contribution in [0.4, 0.5) is 0 Å². The van der Waals surface area contributed by atoms with Gasteiger partial charge in [0.1, 0.15) is 0 Å². The highest BCUT2D eigenvalue weighted by atomic mass is 127. The lowest BCUT2D eigenvalue weighted by Crippen LogP contribution is -2.39. The molecular formula is C18H30ClIN4. The molecule has 0 radical (unpaired) electrons. The summed E-state index contributed by atoms with van der Waals surface area (Å²) in [6, 6.07) is 7.86. The topological polar surface area (TPSA) is 39.7 Å². The number of rotatable bonds is 6. The largest absolute Gasteiger partial charge is 0.357 e. The lowest BCUT2D eigenvalue weighted by atomic mass is 9.94.